The van der Waals surface area contributed by atoms with Crippen LogP contribution in [0.25, 0.3) is 0 Å². The van der Waals surface area contributed by atoms with Gasteiger partial charge in [0.1, 0.15) is 0 Å². The third-order valence-electron chi connectivity index (χ3n) is 2.70. The fraction of sp³-hybridized carbons (Fsp3) is 1.00. The summed E-state index contributed by atoms with van der Waals surface area (Å²) in [5.41, 5.74) is 0. The first-order valence-corrected chi connectivity index (χ1v) is 5.52. The smallest absolute Gasteiger partial charge is 0.00596 e. The zero-order chi connectivity index (χ0) is 7.40. The highest BCUT2D eigenvalue weighted by molar-refractivity contribution is 9.09. The summed E-state index contributed by atoms with van der Waals surface area (Å²) in [7, 11) is 0. The number of rotatable bonds is 2. The van der Waals surface area contributed by atoms with Crippen molar-refractivity contribution in [3.05, 3.63) is 0 Å². The minimum atomic E-state index is 0.903. The van der Waals surface area contributed by atoms with E-state index in [2.05, 4.69) is 22.9 Å². The van der Waals surface area contributed by atoms with E-state index in [1.807, 2.05) is 0 Å². The SMILES string of the molecule is C[C@H](CBr)C1CCCCC1. The van der Waals surface area contributed by atoms with Crippen molar-refractivity contribution in [2.45, 2.75) is 39.0 Å². The number of hydrogen-bond acceptors (Lipinski definition) is 0. The van der Waals surface area contributed by atoms with Crippen LogP contribution in [-0.2, 0) is 0 Å². The third-order valence-corrected chi connectivity index (χ3v) is 3.72. The molecule has 0 aromatic heterocycles. The molecule has 1 heteroatoms. The van der Waals surface area contributed by atoms with Crippen molar-refractivity contribution in [2.24, 2.45) is 11.8 Å². The van der Waals surface area contributed by atoms with E-state index in [9.17, 15) is 0 Å². The second-order valence-corrected chi connectivity index (χ2v) is 4.18. The first kappa shape index (κ1) is 8.58. The fourth-order valence-corrected chi connectivity index (χ4v) is 2.36. The van der Waals surface area contributed by atoms with Gasteiger partial charge < -0.3 is 0 Å². The minimum absolute atomic E-state index is 0.903. The summed E-state index contributed by atoms with van der Waals surface area (Å²) in [6, 6.07) is 0. The molecule has 1 rings (SSSR count). The maximum absolute atomic E-state index is 3.55. The second kappa shape index (κ2) is 4.38. The summed E-state index contributed by atoms with van der Waals surface area (Å²) in [6.07, 6.45) is 7.38. The normalized spacial score (nSPS) is 24.6. The van der Waals surface area contributed by atoms with E-state index in [0.717, 1.165) is 11.8 Å². The molecule has 0 nitrogen and oxygen atoms in total. The Balaban J connectivity index is 2.24. The van der Waals surface area contributed by atoms with Gasteiger partial charge in [-0.1, -0.05) is 55.0 Å². The van der Waals surface area contributed by atoms with Gasteiger partial charge in [0.2, 0.25) is 0 Å². The second-order valence-electron chi connectivity index (χ2n) is 3.53. The molecule has 0 aromatic rings. The van der Waals surface area contributed by atoms with E-state index in [4.69, 9.17) is 0 Å². The van der Waals surface area contributed by atoms with Gasteiger partial charge in [-0.25, -0.2) is 0 Å². The van der Waals surface area contributed by atoms with Gasteiger partial charge in [-0.3, -0.25) is 0 Å². The number of halogens is 1. The van der Waals surface area contributed by atoms with Gasteiger partial charge in [0.15, 0.2) is 0 Å². The molecule has 1 atom stereocenters. The number of hydrogen-bond donors (Lipinski definition) is 0. The summed E-state index contributed by atoms with van der Waals surface area (Å²) in [5, 5.41) is 1.19. The van der Waals surface area contributed by atoms with E-state index in [1.165, 1.54) is 37.4 Å². The molecule has 1 fully saturated rings. The van der Waals surface area contributed by atoms with Gasteiger partial charge in [0.05, 0.1) is 0 Å². The number of alkyl halides is 1. The lowest BCUT2D eigenvalue weighted by Crippen LogP contribution is -2.15. The highest BCUT2D eigenvalue weighted by Crippen LogP contribution is 2.30. The molecule has 0 saturated heterocycles. The van der Waals surface area contributed by atoms with E-state index < -0.39 is 0 Å². The molecule has 60 valence electrons. The van der Waals surface area contributed by atoms with Crippen LogP contribution in [0.2, 0.25) is 0 Å². The highest BCUT2D eigenvalue weighted by atomic mass is 79.9. The molecule has 10 heavy (non-hydrogen) atoms. The third kappa shape index (κ3) is 2.26. The Hall–Kier alpha value is 0.480. The predicted molar refractivity (Wildman–Crippen MR) is 49.5 cm³/mol. The van der Waals surface area contributed by atoms with Crippen LogP contribution in [0, 0.1) is 11.8 Å². The molecule has 0 spiro atoms. The molecule has 0 bridgehead atoms. The molecular formula is C9H17Br. The van der Waals surface area contributed by atoms with Crippen molar-refractivity contribution in [2.75, 3.05) is 5.33 Å². The van der Waals surface area contributed by atoms with Crippen LogP contribution < -0.4 is 0 Å². The molecule has 1 aliphatic rings. The Labute approximate surface area is 72.5 Å². The van der Waals surface area contributed by atoms with Crippen LogP contribution in [0.15, 0.2) is 0 Å². The van der Waals surface area contributed by atoms with Crippen molar-refractivity contribution in [1.82, 2.24) is 0 Å². The Morgan fingerprint density at radius 2 is 1.90 bits per heavy atom. The van der Waals surface area contributed by atoms with Crippen molar-refractivity contribution in [3.8, 4) is 0 Å². The Kier molecular flexibility index (Phi) is 3.75. The summed E-state index contributed by atoms with van der Waals surface area (Å²) in [4.78, 5) is 0. The maximum atomic E-state index is 3.55. The van der Waals surface area contributed by atoms with E-state index in [0.29, 0.717) is 0 Å². The lowest BCUT2D eigenvalue weighted by atomic mass is 9.82. The summed E-state index contributed by atoms with van der Waals surface area (Å²) >= 11 is 3.55. The molecule has 1 saturated carbocycles. The Morgan fingerprint density at radius 3 is 2.40 bits per heavy atom. The van der Waals surface area contributed by atoms with Gasteiger partial charge in [0, 0.05) is 5.33 Å². The monoisotopic (exact) mass is 204 g/mol. The summed E-state index contributed by atoms with van der Waals surface area (Å²) in [5.74, 6) is 1.92. The van der Waals surface area contributed by atoms with Gasteiger partial charge in [0.25, 0.3) is 0 Å². The molecule has 1 aliphatic carbocycles. The topological polar surface area (TPSA) is 0 Å². The van der Waals surface area contributed by atoms with Gasteiger partial charge in [-0.15, -0.1) is 0 Å². The van der Waals surface area contributed by atoms with Crippen LogP contribution in [0.3, 0.4) is 0 Å². The Bertz CT molecular complexity index is 84.7. The predicted octanol–water partition coefficient (Wildman–Crippen LogP) is 3.60. The summed E-state index contributed by atoms with van der Waals surface area (Å²) in [6.45, 7) is 2.37. The maximum Gasteiger partial charge on any atom is 0.00596 e. The zero-order valence-corrected chi connectivity index (χ0v) is 8.36. The standard InChI is InChI=1S/C9H17Br/c1-8(7-10)9-5-3-2-4-6-9/h8-9H,2-7H2,1H3/t8-/m1/s1. The van der Waals surface area contributed by atoms with Crippen LogP contribution in [0.1, 0.15) is 39.0 Å². The van der Waals surface area contributed by atoms with Crippen LogP contribution in [-0.4, -0.2) is 5.33 Å². The Morgan fingerprint density at radius 1 is 1.30 bits per heavy atom. The lowest BCUT2D eigenvalue weighted by molar-refractivity contribution is 0.283. The zero-order valence-electron chi connectivity index (χ0n) is 6.78. The quantitative estimate of drug-likeness (QED) is 0.604. The molecule has 0 aliphatic heterocycles. The van der Waals surface area contributed by atoms with E-state index >= 15 is 0 Å². The first-order valence-electron chi connectivity index (χ1n) is 4.40. The van der Waals surface area contributed by atoms with Crippen molar-refractivity contribution in [1.29, 1.82) is 0 Å². The summed E-state index contributed by atoms with van der Waals surface area (Å²) < 4.78 is 0. The van der Waals surface area contributed by atoms with Gasteiger partial charge in [-0.2, -0.15) is 0 Å². The first-order chi connectivity index (χ1) is 4.84. The molecular weight excluding hydrogens is 188 g/mol. The molecule has 0 N–H and O–H groups in total. The molecule has 0 aromatic carbocycles. The molecule has 0 heterocycles. The van der Waals surface area contributed by atoms with Gasteiger partial charge in [-0.05, 0) is 11.8 Å². The average Bonchev–Trinajstić information content (AvgIpc) is 2.05. The average molecular weight is 205 g/mol. The van der Waals surface area contributed by atoms with Crippen molar-refractivity contribution >= 4 is 15.9 Å². The fourth-order valence-electron chi connectivity index (χ4n) is 1.83. The highest BCUT2D eigenvalue weighted by Gasteiger charge is 2.18. The molecule has 0 unspecified atom stereocenters. The van der Waals surface area contributed by atoms with E-state index in [-0.39, 0.29) is 0 Å². The molecule has 0 amide bonds. The minimum Gasteiger partial charge on any atom is -0.0925 e. The molecule has 0 radical (unpaired) electrons. The lowest BCUT2D eigenvalue weighted by Gasteiger charge is -2.26. The largest absolute Gasteiger partial charge is 0.0925 e. The van der Waals surface area contributed by atoms with Crippen molar-refractivity contribution < 1.29 is 0 Å². The van der Waals surface area contributed by atoms with Crippen LogP contribution in [0.4, 0.5) is 0 Å². The van der Waals surface area contributed by atoms with Gasteiger partial charge >= 0.3 is 0 Å². The van der Waals surface area contributed by atoms with Crippen LogP contribution in [0.5, 0.6) is 0 Å². The van der Waals surface area contributed by atoms with Crippen molar-refractivity contribution in [3.63, 3.8) is 0 Å². The van der Waals surface area contributed by atoms with E-state index in [1.54, 1.807) is 0 Å². The van der Waals surface area contributed by atoms with Crippen LogP contribution >= 0.6 is 15.9 Å².